The summed E-state index contributed by atoms with van der Waals surface area (Å²) >= 11 is 0. The van der Waals surface area contributed by atoms with Crippen molar-refractivity contribution < 1.29 is 9.18 Å². The molecule has 0 radical (unpaired) electrons. The second-order valence-corrected chi connectivity index (χ2v) is 9.75. The quantitative estimate of drug-likeness (QED) is 0.227. The van der Waals surface area contributed by atoms with Crippen molar-refractivity contribution in [2.75, 3.05) is 55.0 Å². The molecule has 0 spiro atoms. The summed E-state index contributed by atoms with van der Waals surface area (Å²) in [6.45, 7) is 11.2. The number of halogens is 1. The summed E-state index contributed by atoms with van der Waals surface area (Å²) in [5.74, 6) is 0.975. The van der Waals surface area contributed by atoms with Crippen molar-refractivity contribution in [3.8, 4) is 0 Å². The zero-order valence-electron chi connectivity index (χ0n) is 22.2. The molecule has 0 aliphatic carbocycles. The van der Waals surface area contributed by atoms with E-state index in [2.05, 4.69) is 61.3 Å². The van der Waals surface area contributed by atoms with Crippen molar-refractivity contribution in [1.82, 2.24) is 25.3 Å². The van der Waals surface area contributed by atoms with E-state index in [4.69, 9.17) is 0 Å². The van der Waals surface area contributed by atoms with E-state index < -0.39 is 5.67 Å². The van der Waals surface area contributed by atoms with Gasteiger partial charge in [0.15, 0.2) is 12.1 Å². The first-order chi connectivity index (χ1) is 18.3. The van der Waals surface area contributed by atoms with Gasteiger partial charge in [0.25, 0.3) is 0 Å². The van der Waals surface area contributed by atoms with Gasteiger partial charge in [-0.15, -0.1) is 6.58 Å². The van der Waals surface area contributed by atoms with E-state index in [1.54, 1.807) is 29.3 Å². The van der Waals surface area contributed by atoms with Crippen molar-refractivity contribution in [1.29, 1.82) is 0 Å². The monoisotopic (exact) mass is 518 g/mol. The van der Waals surface area contributed by atoms with Crippen LogP contribution in [0.3, 0.4) is 0 Å². The molecule has 0 saturated carbocycles. The maximum absolute atomic E-state index is 14.6. The van der Waals surface area contributed by atoms with Gasteiger partial charge in [0, 0.05) is 43.8 Å². The number of carbonyl (C=O) groups is 1. The topological polar surface area (TPSA) is 89.5 Å². The largest absolute Gasteiger partial charge is 0.370 e. The molecule has 1 aliphatic heterocycles. The summed E-state index contributed by atoms with van der Waals surface area (Å²) in [4.78, 5) is 30.1. The van der Waals surface area contributed by atoms with Crippen LogP contribution in [0.4, 0.5) is 33.3 Å². The Balaban J connectivity index is 1.60. The van der Waals surface area contributed by atoms with Crippen LogP contribution < -0.4 is 20.7 Å². The van der Waals surface area contributed by atoms with E-state index >= 15 is 0 Å². The Kier molecular flexibility index (Phi) is 8.65. The number of hydrogen-bond acceptors (Lipinski definition) is 9. The van der Waals surface area contributed by atoms with Gasteiger partial charge >= 0.3 is 0 Å². The molecule has 4 rings (SSSR count). The number of likely N-dealkylation sites (N-methyl/N-ethyl adjacent to an activating group) is 1. The smallest absolute Gasteiger partial charge is 0.229 e. The molecule has 200 valence electrons. The minimum absolute atomic E-state index is 0.250. The first-order valence-corrected chi connectivity index (χ1v) is 12.7. The Morgan fingerprint density at radius 3 is 2.61 bits per heavy atom. The Morgan fingerprint density at radius 2 is 1.89 bits per heavy atom. The fourth-order valence-corrected chi connectivity index (χ4v) is 4.19. The van der Waals surface area contributed by atoms with Gasteiger partial charge in [0.1, 0.15) is 11.5 Å². The van der Waals surface area contributed by atoms with Crippen LogP contribution in [-0.2, 0) is 5.67 Å². The Bertz CT molecular complexity index is 1240. The molecule has 0 amide bonds. The fraction of sp³-hybridized carbons (Fsp3) is 0.357. The minimum atomic E-state index is -1.64. The van der Waals surface area contributed by atoms with Crippen LogP contribution >= 0.6 is 0 Å². The summed E-state index contributed by atoms with van der Waals surface area (Å²) in [5, 5.41) is 4.77. The van der Waals surface area contributed by atoms with Gasteiger partial charge in [-0.1, -0.05) is 12.1 Å². The van der Waals surface area contributed by atoms with Crippen LogP contribution in [0.1, 0.15) is 36.3 Å². The van der Waals surface area contributed by atoms with Crippen molar-refractivity contribution in [2.45, 2.75) is 25.9 Å². The van der Waals surface area contributed by atoms with Gasteiger partial charge in [-0.05, 0) is 70.3 Å². The van der Waals surface area contributed by atoms with Crippen LogP contribution in [0.15, 0.2) is 61.3 Å². The molecule has 2 N–H and O–H groups in total. The number of rotatable bonds is 10. The maximum atomic E-state index is 14.6. The number of carbonyl (C=O) groups excluding carboxylic acids is 1. The molecular formula is C28H35FN8O. The highest BCUT2D eigenvalue weighted by Gasteiger charge is 2.24. The Hall–Kier alpha value is -3.89. The predicted molar refractivity (Wildman–Crippen MR) is 150 cm³/mol. The molecular weight excluding hydrogens is 483 g/mol. The standard InChI is InChI=1S/C28H35FN8O/c1-5-14-31-37(25-9-6-8-24(33-25)28(2,3)29)26-21(20-38)19-30-27(34-26)32-22-10-12-23(13-11-22)36-16-7-15-35(4)17-18-36/h5-6,8-13,19-20,31H,1,7,14-18H2,2-4H3,(H,30,32,34). The molecule has 0 atom stereocenters. The van der Waals surface area contributed by atoms with Crippen molar-refractivity contribution in [3.63, 3.8) is 0 Å². The summed E-state index contributed by atoms with van der Waals surface area (Å²) in [7, 11) is 2.16. The molecule has 10 heteroatoms. The number of nitrogens with zero attached hydrogens (tertiary/aromatic N) is 6. The van der Waals surface area contributed by atoms with Gasteiger partial charge in [0.05, 0.1) is 11.3 Å². The Morgan fingerprint density at radius 1 is 1.11 bits per heavy atom. The van der Waals surface area contributed by atoms with Crippen molar-refractivity contribution >= 4 is 35.2 Å². The van der Waals surface area contributed by atoms with Crippen LogP contribution in [0, 0.1) is 0 Å². The number of aromatic nitrogens is 3. The molecule has 1 aromatic carbocycles. The summed E-state index contributed by atoms with van der Waals surface area (Å²) < 4.78 is 14.6. The highest BCUT2D eigenvalue weighted by molar-refractivity contribution is 5.84. The van der Waals surface area contributed by atoms with E-state index in [-0.39, 0.29) is 17.1 Å². The average Bonchev–Trinajstić information content (AvgIpc) is 3.13. The summed E-state index contributed by atoms with van der Waals surface area (Å²) in [5.41, 5.74) is 4.00. The molecule has 0 bridgehead atoms. The molecule has 0 unspecified atom stereocenters. The van der Waals surface area contributed by atoms with Crippen LogP contribution in [0.2, 0.25) is 0 Å². The van der Waals surface area contributed by atoms with Gasteiger partial charge in [-0.2, -0.15) is 4.98 Å². The summed E-state index contributed by atoms with van der Waals surface area (Å²) in [6.07, 6.45) is 4.93. The van der Waals surface area contributed by atoms with E-state index in [1.807, 2.05) is 12.1 Å². The fourth-order valence-electron chi connectivity index (χ4n) is 4.19. The molecule has 9 nitrogen and oxygen atoms in total. The minimum Gasteiger partial charge on any atom is -0.370 e. The molecule has 1 fully saturated rings. The third-order valence-electron chi connectivity index (χ3n) is 6.31. The molecule has 3 aromatic rings. The van der Waals surface area contributed by atoms with E-state index in [9.17, 15) is 9.18 Å². The first kappa shape index (κ1) is 27.2. The normalized spacial score (nSPS) is 14.6. The molecule has 1 aliphatic rings. The number of anilines is 5. The number of aldehydes is 1. The van der Waals surface area contributed by atoms with E-state index in [0.717, 1.165) is 38.3 Å². The second kappa shape index (κ2) is 12.1. The number of pyridine rings is 1. The van der Waals surface area contributed by atoms with Gasteiger partial charge < -0.3 is 15.1 Å². The van der Waals surface area contributed by atoms with Gasteiger partial charge in [-0.25, -0.2) is 24.8 Å². The van der Waals surface area contributed by atoms with Crippen LogP contribution in [0.5, 0.6) is 0 Å². The number of alkyl halides is 1. The lowest BCUT2D eigenvalue weighted by Gasteiger charge is -2.26. The third kappa shape index (κ3) is 6.70. The number of benzene rings is 1. The lowest BCUT2D eigenvalue weighted by Crippen LogP contribution is -2.36. The number of hydrazine groups is 1. The molecule has 38 heavy (non-hydrogen) atoms. The lowest BCUT2D eigenvalue weighted by molar-refractivity contribution is 0.112. The molecule has 1 saturated heterocycles. The average molecular weight is 519 g/mol. The number of hydrogen-bond donors (Lipinski definition) is 2. The first-order valence-electron chi connectivity index (χ1n) is 12.7. The zero-order chi connectivity index (χ0) is 27.1. The highest BCUT2D eigenvalue weighted by atomic mass is 19.1. The second-order valence-electron chi connectivity index (χ2n) is 9.75. The van der Waals surface area contributed by atoms with Gasteiger partial charge in [0.2, 0.25) is 5.95 Å². The van der Waals surface area contributed by atoms with Crippen molar-refractivity contribution in [3.05, 3.63) is 72.6 Å². The molecule has 2 aromatic heterocycles. The van der Waals surface area contributed by atoms with E-state index in [1.165, 1.54) is 25.7 Å². The van der Waals surface area contributed by atoms with Crippen LogP contribution in [0.25, 0.3) is 0 Å². The lowest BCUT2D eigenvalue weighted by atomic mass is 10.1. The SMILES string of the molecule is C=CCNN(c1cccc(C(C)(C)F)n1)c1nc(Nc2ccc(N3CCCN(C)CC3)cc2)ncc1C=O. The third-order valence-corrected chi connectivity index (χ3v) is 6.31. The van der Waals surface area contributed by atoms with E-state index in [0.29, 0.717) is 24.6 Å². The van der Waals surface area contributed by atoms with Crippen LogP contribution in [-0.4, -0.2) is 65.9 Å². The predicted octanol–water partition coefficient (Wildman–Crippen LogP) is 4.60. The zero-order valence-corrected chi connectivity index (χ0v) is 22.2. The Labute approximate surface area is 223 Å². The number of nitrogens with one attached hydrogen (secondary N) is 2. The summed E-state index contributed by atoms with van der Waals surface area (Å²) in [6, 6.07) is 13.2. The van der Waals surface area contributed by atoms with Gasteiger partial charge in [-0.3, -0.25) is 4.79 Å². The van der Waals surface area contributed by atoms with Crippen molar-refractivity contribution in [2.24, 2.45) is 0 Å². The maximum Gasteiger partial charge on any atom is 0.229 e. The highest BCUT2D eigenvalue weighted by Crippen LogP contribution is 2.29. The molecule has 3 heterocycles.